The third-order valence-corrected chi connectivity index (χ3v) is 4.17. The summed E-state index contributed by atoms with van der Waals surface area (Å²) in [5.41, 5.74) is 0.805. The number of carbonyl (C=O) groups is 2. The van der Waals surface area contributed by atoms with Gasteiger partial charge in [0, 0.05) is 14.3 Å². The van der Waals surface area contributed by atoms with E-state index in [1.807, 2.05) is 45.9 Å². The van der Waals surface area contributed by atoms with Crippen LogP contribution in [0.15, 0.2) is 30.3 Å². The summed E-state index contributed by atoms with van der Waals surface area (Å²) in [5, 5.41) is 2.45. The van der Waals surface area contributed by atoms with Gasteiger partial charge in [0.25, 0.3) is 0 Å². The summed E-state index contributed by atoms with van der Waals surface area (Å²) < 4.78 is 36.3. The number of ether oxygens (including phenoxy) is 2. The second kappa shape index (κ2) is 13.9. The van der Waals surface area contributed by atoms with E-state index >= 15 is 0 Å². The molecule has 1 amide bonds. The molecule has 7 heteroatoms. The standard InChI is InChI=1S/C17H21F2NO4.2C2H6.H2/c1-23-15(21)14(13-7-9-17(18,19)10-8-13)20-16(22)24-11-12-5-3-2-4-6-12;2*1-2;/h2-6,13-14H,7-11H2,1H3,(H,20,22);2*1-2H3;1H/t14-;;;/m0.../s1. The zero-order valence-electron chi connectivity index (χ0n) is 17.5. The van der Waals surface area contributed by atoms with Crippen molar-refractivity contribution in [1.29, 1.82) is 0 Å². The molecule has 2 rings (SSSR count). The molecule has 1 aliphatic rings. The first-order chi connectivity index (χ1) is 13.4. The average Bonchev–Trinajstić information content (AvgIpc) is 2.74. The Morgan fingerprint density at radius 1 is 1.14 bits per heavy atom. The number of hydrogen-bond acceptors (Lipinski definition) is 4. The minimum atomic E-state index is -2.70. The van der Waals surface area contributed by atoms with Gasteiger partial charge in [-0.05, 0) is 24.3 Å². The van der Waals surface area contributed by atoms with Crippen molar-refractivity contribution in [2.45, 2.75) is 71.9 Å². The monoisotopic (exact) mass is 403 g/mol. The van der Waals surface area contributed by atoms with Gasteiger partial charge < -0.3 is 14.8 Å². The number of halogens is 2. The number of rotatable bonds is 5. The lowest BCUT2D eigenvalue weighted by Gasteiger charge is -2.32. The summed E-state index contributed by atoms with van der Waals surface area (Å²) in [4.78, 5) is 23.8. The van der Waals surface area contributed by atoms with Gasteiger partial charge in [0.05, 0.1) is 7.11 Å². The number of esters is 1. The zero-order valence-corrected chi connectivity index (χ0v) is 17.5. The van der Waals surface area contributed by atoms with Crippen LogP contribution in [-0.4, -0.2) is 31.1 Å². The maximum absolute atomic E-state index is 13.3. The summed E-state index contributed by atoms with van der Waals surface area (Å²) in [6, 6.07) is 8.10. The van der Waals surface area contributed by atoms with Gasteiger partial charge in [-0.2, -0.15) is 0 Å². The lowest BCUT2D eigenvalue weighted by molar-refractivity contribution is -0.146. The molecule has 0 unspecified atom stereocenters. The molecule has 0 heterocycles. The summed E-state index contributed by atoms with van der Waals surface area (Å²) in [5.74, 6) is -3.74. The largest absolute Gasteiger partial charge is 0.467 e. The Bertz CT molecular complexity index is 563. The molecule has 0 saturated heterocycles. The summed E-state index contributed by atoms with van der Waals surface area (Å²) in [7, 11) is 1.20. The Morgan fingerprint density at radius 2 is 1.68 bits per heavy atom. The summed E-state index contributed by atoms with van der Waals surface area (Å²) in [6.45, 7) is 8.06. The molecule has 1 aromatic rings. The highest BCUT2D eigenvalue weighted by molar-refractivity contribution is 5.81. The molecule has 5 nitrogen and oxygen atoms in total. The van der Waals surface area contributed by atoms with Gasteiger partial charge in [-0.1, -0.05) is 58.0 Å². The van der Waals surface area contributed by atoms with E-state index in [0.717, 1.165) is 5.56 Å². The molecule has 1 N–H and O–H groups in total. The van der Waals surface area contributed by atoms with Gasteiger partial charge in [0.15, 0.2) is 0 Å². The first-order valence-corrected chi connectivity index (χ1v) is 9.84. The van der Waals surface area contributed by atoms with Crippen molar-refractivity contribution >= 4 is 12.1 Å². The maximum Gasteiger partial charge on any atom is 0.408 e. The molecule has 162 valence electrons. The van der Waals surface area contributed by atoms with Gasteiger partial charge >= 0.3 is 12.1 Å². The van der Waals surface area contributed by atoms with Gasteiger partial charge in [0.1, 0.15) is 12.6 Å². The molecular weight excluding hydrogens is 368 g/mol. The van der Waals surface area contributed by atoms with Crippen LogP contribution in [0.1, 0.15) is 60.4 Å². The van der Waals surface area contributed by atoms with Crippen LogP contribution in [0, 0.1) is 5.92 Å². The first kappa shape index (κ1) is 25.8. The number of hydrogen-bond donors (Lipinski definition) is 1. The van der Waals surface area contributed by atoms with E-state index in [1.165, 1.54) is 7.11 Å². The van der Waals surface area contributed by atoms with E-state index in [4.69, 9.17) is 4.74 Å². The van der Waals surface area contributed by atoms with Gasteiger partial charge in [-0.15, -0.1) is 0 Å². The van der Waals surface area contributed by atoms with E-state index in [1.54, 1.807) is 12.1 Å². The predicted octanol–water partition coefficient (Wildman–Crippen LogP) is 5.58. The van der Waals surface area contributed by atoms with E-state index in [-0.39, 0.29) is 39.6 Å². The number of methoxy groups -OCH3 is 1. The lowest BCUT2D eigenvalue weighted by Crippen LogP contribution is -2.48. The zero-order chi connectivity index (χ0) is 21.6. The van der Waals surface area contributed by atoms with Gasteiger partial charge in [-0.25, -0.2) is 18.4 Å². The molecule has 0 aromatic heterocycles. The summed E-state index contributed by atoms with van der Waals surface area (Å²) >= 11 is 0. The molecule has 1 fully saturated rings. The normalized spacial score (nSPS) is 16.2. The molecular formula is C21H35F2NO4. The molecule has 1 atom stereocenters. The number of carbonyl (C=O) groups excluding carboxylic acids is 2. The van der Waals surface area contributed by atoms with Crippen LogP contribution in [0.25, 0.3) is 0 Å². The topological polar surface area (TPSA) is 64.6 Å². The molecule has 28 heavy (non-hydrogen) atoms. The highest BCUT2D eigenvalue weighted by Crippen LogP contribution is 2.37. The SMILES string of the molecule is CC.CC.COC(=O)[C@@H](NC(=O)OCc1ccccc1)C1CCC(F)(F)CC1.[HH]. The van der Waals surface area contributed by atoms with Crippen LogP contribution in [0.2, 0.25) is 0 Å². The van der Waals surface area contributed by atoms with Crippen LogP contribution in [-0.2, 0) is 20.9 Å². The Labute approximate surface area is 168 Å². The van der Waals surface area contributed by atoms with Crippen LogP contribution in [0.3, 0.4) is 0 Å². The van der Waals surface area contributed by atoms with Crippen molar-refractivity contribution in [2.24, 2.45) is 5.92 Å². The Balaban J connectivity index is 0. The summed E-state index contributed by atoms with van der Waals surface area (Å²) in [6.07, 6.45) is -1.08. The van der Waals surface area contributed by atoms with E-state index in [2.05, 4.69) is 10.1 Å². The fourth-order valence-corrected chi connectivity index (χ4v) is 2.78. The Kier molecular flexibility index (Phi) is 12.8. The second-order valence-corrected chi connectivity index (χ2v) is 5.90. The molecule has 0 bridgehead atoms. The minimum Gasteiger partial charge on any atom is -0.467 e. The second-order valence-electron chi connectivity index (χ2n) is 5.90. The highest BCUT2D eigenvalue weighted by atomic mass is 19.3. The average molecular weight is 404 g/mol. The first-order valence-electron chi connectivity index (χ1n) is 9.84. The quantitative estimate of drug-likeness (QED) is 0.652. The molecule has 0 spiro atoms. The van der Waals surface area contributed by atoms with Crippen LogP contribution in [0.5, 0.6) is 0 Å². The maximum atomic E-state index is 13.3. The Hall–Kier alpha value is -2.18. The van der Waals surface area contributed by atoms with Crippen molar-refractivity contribution in [1.82, 2.24) is 5.32 Å². The van der Waals surface area contributed by atoms with Crippen molar-refractivity contribution in [3.8, 4) is 0 Å². The van der Waals surface area contributed by atoms with Crippen LogP contribution in [0.4, 0.5) is 13.6 Å². The van der Waals surface area contributed by atoms with Crippen LogP contribution < -0.4 is 5.32 Å². The van der Waals surface area contributed by atoms with Gasteiger partial charge in [0.2, 0.25) is 5.92 Å². The number of benzene rings is 1. The molecule has 1 aromatic carbocycles. The number of alkyl halides is 2. The highest BCUT2D eigenvalue weighted by Gasteiger charge is 2.40. The number of nitrogens with one attached hydrogen (secondary N) is 1. The number of amides is 1. The minimum absolute atomic E-state index is 0. The van der Waals surface area contributed by atoms with Crippen molar-refractivity contribution in [3.63, 3.8) is 0 Å². The van der Waals surface area contributed by atoms with E-state index < -0.39 is 24.0 Å². The Morgan fingerprint density at radius 3 is 2.18 bits per heavy atom. The van der Waals surface area contributed by atoms with Crippen molar-refractivity contribution in [2.75, 3.05) is 7.11 Å². The smallest absolute Gasteiger partial charge is 0.408 e. The van der Waals surface area contributed by atoms with Crippen molar-refractivity contribution in [3.05, 3.63) is 35.9 Å². The van der Waals surface area contributed by atoms with E-state index in [9.17, 15) is 18.4 Å². The third-order valence-electron chi connectivity index (χ3n) is 4.17. The fourth-order valence-electron chi connectivity index (χ4n) is 2.78. The lowest BCUT2D eigenvalue weighted by atomic mass is 9.82. The molecule has 1 aliphatic carbocycles. The van der Waals surface area contributed by atoms with E-state index in [0.29, 0.717) is 0 Å². The predicted molar refractivity (Wildman–Crippen MR) is 107 cm³/mol. The van der Waals surface area contributed by atoms with Gasteiger partial charge in [-0.3, -0.25) is 0 Å². The third kappa shape index (κ3) is 9.15. The fraction of sp³-hybridized carbons (Fsp3) is 0.619. The molecule has 0 aliphatic heterocycles. The van der Waals surface area contributed by atoms with Crippen molar-refractivity contribution < 1.29 is 29.3 Å². The van der Waals surface area contributed by atoms with Crippen LogP contribution >= 0.6 is 0 Å². The number of alkyl carbamates (subject to hydrolysis) is 1. The molecule has 0 radical (unpaired) electrons. The molecule has 1 saturated carbocycles.